The third kappa shape index (κ3) is 8.99. The first-order chi connectivity index (χ1) is 20.8. The minimum atomic E-state index is -0.375. The highest BCUT2D eigenvalue weighted by atomic mass is 16.2. The van der Waals surface area contributed by atoms with Crippen molar-refractivity contribution in [3.63, 3.8) is 0 Å². The largest absolute Gasteiger partial charge is 0.372 e. The average Bonchev–Trinajstić information content (AvgIpc) is 3.55. The Kier molecular flexibility index (Phi) is 11.5. The number of hydrogen-bond acceptors (Lipinski definition) is 6. The standard InChI is InChI=1S/C35H46N6O2/c1-6-40(7-2)20-19-39(5)25-29-11-10-12-30(22-29)34(42)37-33-16-15-31(41-17-8-9-18-41)23-32(33)35(43)38-36-24-28-14-13-26(3)27(4)21-28/h10-16,21-24H,6-9,17-20,25H2,1-5H3,(H,37,42)(H,38,43)/b36-24+. The van der Waals surface area contributed by atoms with Gasteiger partial charge in [-0.15, -0.1) is 0 Å². The van der Waals surface area contributed by atoms with Gasteiger partial charge in [0.15, 0.2) is 0 Å². The summed E-state index contributed by atoms with van der Waals surface area (Å²) in [5.74, 6) is -0.630. The molecule has 0 atom stereocenters. The van der Waals surface area contributed by atoms with Gasteiger partial charge in [0, 0.05) is 44.0 Å². The van der Waals surface area contributed by atoms with Crippen molar-refractivity contribution >= 4 is 29.4 Å². The predicted octanol–water partition coefficient (Wildman–Crippen LogP) is 5.69. The molecule has 4 rings (SSSR count). The summed E-state index contributed by atoms with van der Waals surface area (Å²) in [5, 5.41) is 7.20. The van der Waals surface area contributed by atoms with E-state index in [1.165, 1.54) is 5.56 Å². The van der Waals surface area contributed by atoms with Crippen LogP contribution in [-0.2, 0) is 6.54 Å². The fourth-order valence-corrected chi connectivity index (χ4v) is 5.32. The highest BCUT2D eigenvalue weighted by Crippen LogP contribution is 2.27. The number of anilines is 2. The average molecular weight is 583 g/mol. The van der Waals surface area contributed by atoms with Gasteiger partial charge in [-0.3, -0.25) is 9.59 Å². The van der Waals surface area contributed by atoms with Crippen LogP contribution in [0.3, 0.4) is 0 Å². The summed E-state index contributed by atoms with van der Waals surface area (Å²) in [6.07, 6.45) is 3.89. The van der Waals surface area contributed by atoms with E-state index >= 15 is 0 Å². The molecule has 1 heterocycles. The van der Waals surface area contributed by atoms with Crippen molar-refractivity contribution in [3.8, 4) is 0 Å². The number of hydrogen-bond donors (Lipinski definition) is 2. The summed E-state index contributed by atoms with van der Waals surface area (Å²) in [5.41, 5.74) is 9.35. The molecule has 2 N–H and O–H groups in total. The van der Waals surface area contributed by atoms with Crippen LogP contribution >= 0.6 is 0 Å². The van der Waals surface area contributed by atoms with Crippen molar-refractivity contribution in [1.82, 2.24) is 15.2 Å². The molecule has 1 fully saturated rings. The van der Waals surface area contributed by atoms with Gasteiger partial charge in [-0.05, 0) is 99.4 Å². The number of aryl methyl sites for hydroxylation is 2. The van der Waals surface area contributed by atoms with Crippen molar-refractivity contribution in [2.45, 2.75) is 47.1 Å². The smallest absolute Gasteiger partial charge is 0.273 e. The lowest BCUT2D eigenvalue weighted by molar-refractivity contribution is 0.0956. The number of likely N-dealkylation sites (N-methyl/N-ethyl adjacent to an activating group) is 2. The Morgan fingerprint density at radius 3 is 2.40 bits per heavy atom. The molecule has 0 spiro atoms. The lowest BCUT2D eigenvalue weighted by Gasteiger charge is -2.23. The Hall–Kier alpha value is -4.01. The summed E-state index contributed by atoms with van der Waals surface area (Å²) >= 11 is 0. The van der Waals surface area contributed by atoms with Crippen molar-refractivity contribution < 1.29 is 9.59 Å². The first kappa shape index (κ1) is 31.9. The van der Waals surface area contributed by atoms with E-state index in [1.54, 1.807) is 12.3 Å². The maximum Gasteiger partial charge on any atom is 0.273 e. The molecule has 43 heavy (non-hydrogen) atoms. The second-order valence-corrected chi connectivity index (χ2v) is 11.4. The quantitative estimate of drug-likeness (QED) is 0.200. The Labute approximate surface area is 256 Å². The number of rotatable bonds is 13. The van der Waals surface area contributed by atoms with Crippen LogP contribution in [0.4, 0.5) is 11.4 Å². The first-order valence-corrected chi connectivity index (χ1v) is 15.4. The monoisotopic (exact) mass is 582 g/mol. The summed E-state index contributed by atoms with van der Waals surface area (Å²) in [7, 11) is 2.10. The maximum absolute atomic E-state index is 13.4. The van der Waals surface area contributed by atoms with Gasteiger partial charge in [0.2, 0.25) is 0 Å². The van der Waals surface area contributed by atoms with Crippen molar-refractivity contribution in [3.05, 3.63) is 94.0 Å². The van der Waals surface area contributed by atoms with E-state index in [0.29, 0.717) is 16.8 Å². The highest BCUT2D eigenvalue weighted by molar-refractivity contribution is 6.09. The fourth-order valence-electron chi connectivity index (χ4n) is 5.32. The molecular formula is C35H46N6O2. The minimum absolute atomic E-state index is 0.255. The molecular weight excluding hydrogens is 536 g/mol. The third-order valence-corrected chi connectivity index (χ3v) is 8.21. The molecule has 0 saturated carbocycles. The van der Waals surface area contributed by atoms with E-state index < -0.39 is 0 Å². The second kappa shape index (κ2) is 15.5. The Bertz CT molecular complexity index is 1430. The lowest BCUT2D eigenvalue weighted by atomic mass is 10.1. The number of nitrogens with zero attached hydrogens (tertiary/aromatic N) is 4. The molecule has 0 unspecified atom stereocenters. The molecule has 3 aromatic carbocycles. The van der Waals surface area contributed by atoms with E-state index in [0.717, 1.165) is 81.0 Å². The topological polar surface area (TPSA) is 80.3 Å². The molecule has 1 aliphatic heterocycles. The molecule has 0 aliphatic carbocycles. The normalized spacial score (nSPS) is 13.3. The van der Waals surface area contributed by atoms with Gasteiger partial charge in [-0.1, -0.05) is 44.2 Å². The summed E-state index contributed by atoms with van der Waals surface area (Å²) < 4.78 is 0. The first-order valence-electron chi connectivity index (χ1n) is 15.4. The highest BCUT2D eigenvalue weighted by Gasteiger charge is 2.19. The van der Waals surface area contributed by atoms with Crippen LogP contribution in [0.1, 0.15) is 69.7 Å². The SMILES string of the molecule is CCN(CC)CCN(C)Cc1cccc(C(=O)Nc2ccc(N3CCCC3)cc2C(=O)N/N=C/c2ccc(C)c(C)c2)c1. The van der Waals surface area contributed by atoms with E-state index in [1.807, 2.05) is 61.5 Å². The number of carbonyl (C=O) groups excluding carboxylic acids is 2. The van der Waals surface area contributed by atoms with Crippen LogP contribution in [0, 0.1) is 13.8 Å². The molecule has 1 saturated heterocycles. The Morgan fingerprint density at radius 2 is 1.67 bits per heavy atom. The van der Waals surface area contributed by atoms with Crippen molar-refractivity contribution in [1.29, 1.82) is 0 Å². The van der Waals surface area contributed by atoms with Gasteiger partial charge in [0.1, 0.15) is 0 Å². The van der Waals surface area contributed by atoms with Crippen LogP contribution < -0.4 is 15.6 Å². The number of benzene rings is 3. The number of hydrazone groups is 1. The number of carbonyl (C=O) groups is 2. The van der Waals surface area contributed by atoms with E-state index in [-0.39, 0.29) is 11.8 Å². The fraction of sp³-hybridized carbons (Fsp3) is 0.400. The van der Waals surface area contributed by atoms with Crippen LogP contribution in [0.5, 0.6) is 0 Å². The van der Waals surface area contributed by atoms with Gasteiger partial charge in [-0.25, -0.2) is 5.43 Å². The maximum atomic E-state index is 13.4. The molecule has 3 aromatic rings. The molecule has 0 radical (unpaired) electrons. The Morgan fingerprint density at radius 1 is 0.907 bits per heavy atom. The van der Waals surface area contributed by atoms with Crippen LogP contribution in [0.25, 0.3) is 0 Å². The molecule has 0 bridgehead atoms. The third-order valence-electron chi connectivity index (χ3n) is 8.21. The molecule has 2 amide bonds. The zero-order valence-corrected chi connectivity index (χ0v) is 26.3. The van der Waals surface area contributed by atoms with E-state index in [4.69, 9.17) is 0 Å². The van der Waals surface area contributed by atoms with Gasteiger partial charge in [0.25, 0.3) is 11.8 Å². The van der Waals surface area contributed by atoms with E-state index in [2.05, 4.69) is 58.4 Å². The van der Waals surface area contributed by atoms with Crippen LogP contribution in [0.2, 0.25) is 0 Å². The number of amides is 2. The summed E-state index contributed by atoms with van der Waals surface area (Å²) in [4.78, 5) is 33.7. The second-order valence-electron chi connectivity index (χ2n) is 11.4. The van der Waals surface area contributed by atoms with Crippen molar-refractivity contribution in [2.24, 2.45) is 5.10 Å². The summed E-state index contributed by atoms with van der Waals surface area (Å²) in [6, 6.07) is 19.4. The minimum Gasteiger partial charge on any atom is -0.372 e. The zero-order valence-electron chi connectivity index (χ0n) is 26.3. The van der Waals surface area contributed by atoms with Gasteiger partial charge >= 0.3 is 0 Å². The van der Waals surface area contributed by atoms with Gasteiger partial charge in [-0.2, -0.15) is 5.10 Å². The Balaban J connectivity index is 1.48. The van der Waals surface area contributed by atoms with E-state index in [9.17, 15) is 9.59 Å². The molecule has 8 heteroatoms. The molecule has 0 aromatic heterocycles. The lowest BCUT2D eigenvalue weighted by Crippen LogP contribution is -2.32. The molecule has 1 aliphatic rings. The van der Waals surface area contributed by atoms with Crippen LogP contribution in [-0.4, -0.2) is 74.1 Å². The van der Waals surface area contributed by atoms with Crippen LogP contribution in [0.15, 0.2) is 65.8 Å². The molecule has 8 nitrogen and oxygen atoms in total. The van der Waals surface area contributed by atoms with Gasteiger partial charge < -0.3 is 20.0 Å². The van der Waals surface area contributed by atoms with Crippen molar-refractivity contribution in [2.75, 3.05) is 56.5 Å². The summed E-state index contributed by atoms with van der Waals surface area (Å²) in [6.45, 7) is 15.2. The number of nitrogens with one attached hydrogen (secondary N) is 2. The zero-order chi connectivity index (χ0) is 30.8. The molecule has 228 valence electrons. The van der Waals surface area contributed by atoms with Gasteiger partial charge in [0.05, 0.1) is 17.5 Å². The predicted molar refractivity (Wildman–Crippen MR) is 177 cm³/mol.